The standard InChI is InChI=1S/C7H10N2O2/c1-5-6(2)9(11)3-7(4-10)8-5/h3,10H,4H2,1-2H3. The average molecular weight is 154 g/mol. The molecule has 0 aliphatic heterocycles. The molecule has 4 heteroatoms. The number of hydrogen-bond donors (Lipinski definition) is 1. The van der Waals surface area contributed by atoms with Gasteiger partial charge in [0.2, 0.25) is 11.9 Å². The topological polar surface area (TPSA) is 60.1 Å². The lowest BCUT2D eigenvalue weighted by atomic mass is 10.3. The van der Waals surface area contributed by atoms with E-state index in [1.54, 1.807) is 13.8 Å². The Kier molecular flexibility index (Phi) is 2.05. The van der Waals surface area contributed by atoms with Gasteiger partial charge in [0.05, 0.1) is 6.61 Å². The van der Waals surface area contributed by atoms with Gasteiger partial charge >= 0.3 is 0 Å². The van der Waals surface area contributed by atoms with Gasteiger partial charge in [0.1, 0.15) is 11.4 Å². The minimum atomic E-state index is -0.191. The lowest BCUT2D eigenvalue weighted by molar-refractivity contribution is -0.614. The Morgan fingerprint density at radius 1 is 1.64 bits per heavy atom. The summed E-state index contributed by atoms with van der Waals surface area (Å²) in [5.74, 6) is 0. The molecule has 4 nitrogen and oxygen atoms in total. The summed E-state index contributed by atoms with van der Waals surface area (Å²) in [5.41, 5.74) is 1.64. The Hall–Kier alpha value is -1.16. The molecule has 1 heterocycles. The first-order chi connectivity index (χ1) is 5.15. The van der Waals surface area contributed by atoms with E-state index in [0.29, 0.717) is 21.8 Å². The molecule has 1 rings (SSSR count). The van der Waals surface area contributed by atoms with E-state index in [4.69, 9.17) is 5.11 Å². The van der Waals surface area contributed by atoms with Crippen LogP contribution in [0.5, 0.6) is 0 Å². The second kappa shape index (κ2) is 2.84. The van der Waals surface area contributed by atoms with Gasteiger partial charge in [-0.15, -0.1) is 0 Å². The highest BCUT2D eigenvalue weighted by Gasteiger charge is 2.06. The van der Waals surface area contributed by atoms with Gasteiger partial charge in [-0.1, -0.05) is 0 Å². The lowest BCUT2D eigenvalue weighted by Crippen LogP contribution is -2.32. The maximum atomic E-state index is 11.0. The number of aromatic nitrogens is 2. The van der Waals surface area contributed by atoms with Crippen molar-refractivity contribution >= 4 is 0 Å². The molecule has 1 aromatic heterocycles. The lowest BCUT2D eigenvalue weighted by Gasteiger charge is -2.03. The van der Waals surface area contributed by atoms with E-state index in [-0.39, 0.29) is 6.61 Å². The van der Waals surface area contributed by atoms with Crippen LogP contribution in [0.15, 0.2) is 6.20 Å². The third kappa shape index (κ3) is 1.46. The monoisotopic (exact) mass is 154 g/mol. The van der Waals surface area contributed by atoms with Crippen molar-refractivity contribution in [2.45, 2.75) is 20.5 Å². The van der Waals surface area contributed by atoms with E-state index in [2.05, 4.69) is 4.98 Å². The number of hydrogen-bond acceptors (Lipinski definition) is 3. The molecule has 0 bridgehead atoms. The van der Waals surface area contributed by atoms with E-state index in [9.17, 15) is 5.21 Å². The van der Waals surface area contributed by atoms with Crippen molar-refractivity contribution in [2.24, 2.45) is 0 Å². The number of aryl methyl sites for hydroxylation is 1. The summed E-state index contributed by atoms with van der Waals surface area (Å²) >= 11 is 0. The molecular weight excluding hydrogens is 144 g/mol. The van der Waals surface area contributed by atoms with Gasteiger partial charge in [-0.05, 0) is 6.92 Å². The summed E-state index contributed by atoms with van der Waals surface area (Å²) in [6, 6.07) is 0. The van der Waals surface area contributed by atoms with E-state index < -0.39 is 0 Å². The molecule has 0 amide bonds. The van der Waals surface area contributed by atoms with Gasteiger partial charge < -0.3 is 10.3 Å². The smallest absolute Gasteiger partial charge is 0.210 e. The van der Waals surface area contributed by atoms with Gasteiger partial charge in [-0.3, -0.25) is 0 Å². The second-order valence-corrected chi connectivity index (χ2v) is 2.39. The SMILES string of the molecule is Cc1nc(CO)c[n+]([O-])c1C. The Morgan fingerprint density at radius 2 is 2.27 bits per heavy atom. The second-order valence-electron chi connectivity index (χ2n) is 2.39. The molecule has 0 aliphatic rings. The van der Waals surface area contributed by atoms with Crippen LogP contribution in [0.25, 0.3) is 0 Å². The number of rotatable bonds is 1. The summed E-state index contributed by atoms with van der Waals surface area (Å²) in [4.78, 5) is 3.98. The number of aliphatic hydroxyl groups excluding tert-OH is 1. The Balaban J connectivity index is 3.21. The predicted molar refractivity (Wildman–Crippen MR) is 38.6 cm³/mol. The zero-order chi connectivity index (χ0) is 8.43. The van der Waals surface area contributed by atoms with Crippen LogP contribution in [0, 0.1) is 19.1 Å². The molecule has 60 valence electrons. The van der Waals surface area contributed by atoms with Gasteiger partial charge in [0.25, 0.3) is 0 Å². The minimum absolute atomic E-state index is 0.191. The van der Waals surface area contributed by atoms with Crippen molar-refractivity contribution < 1.29 is 9.84 Å². The van der Waals surface area contributed by atoms with E-state index in [1.807, 2.05) is 0 Å². The summed E-state index contributed by atoms with van der Waals surface area (Å²) < 4.78 is 0.716. The minimum Gasteiger partial charge on any atom is -0.618 e. The maximum absolute atomic E-state index is 11.0. The van der Waals surface area contributed by atoms with Crippen molar-refractivity contribution in [1.82, 2.24) is 4.98 Å². The summed E-state index contributed by atoms with van der Waals surface area (Å²) in [5, 5.41) is 19.6. The molecule has 0 aliphatic carbocycles. The third-order valence-electron chi connectivity index (χ3n) is 1.59. The van der Waals surface area contributed by atoms with Gasteiger partial charge in [-0.2, -0.15) is 4.73 Å². The van der Waals surface area contributed by atoms with Crippen molar-refractivity contribution in [3.05, 3.63) is 28.5 Å². The van der Waals surface area contributed by atoms with Crippen LogP contribution in [0.3, 0.4) is 0 Å². The first kappa shape index (κ1) is 7.94. The van der Waals surface area contributed by atoms with E-state index in [1.165, 1.54) is 6.20 Å². The van der Waals surface area contributed by atoms with Gasteiger partial charge in [0, 0.05) is 6.92 Å². The fraction of sp³-hybridized carbons (Fsp3) is 0.429. The first-order valence-electron chi connectivity index (χ1n) is 3.32. The summed E-state index contributed by atoms with van der Waals surface area (Å²) in [6.07, 6.45) is 1.28. The largest absolute Gasteiger partial charge is 0.618 e. The molecule has 0 saturated carbocycles. The molecule has 1 aromatic rings. The molecule has 0 unspecified atom stereocenters. The molecule has 0 spiro atoms. The maximum Gasteiger partial charge on any atom is 0.210 e. The molecule has 1 N–H and O–H groups in total. The fourth-order valence-electron chi connectivity index (χ4n) is 0.793. The van der Waals surface area contributed by atoms with Crippen LogP contribution in [-0.4, -0.2) is 10.1 Å². The number of aliphatic hydroxyl groups is 1. The van der Waals surface area contributed by atoms with Crippen molar-refractivity contribution in [2.75, 3.05) is 0 Å². The average Bonchev–Trinajstić information content (AvgIpc) is 1.99. The van der Waals surface area contributed by atoms with Crippen LogP contribution in [0.1, 0.15) is 17.1 Å². The van der Waals surface area contributed by atoms with Crippen LogP contribution >= 0.6 is 0 Å². The van der Waals surface area contributed by atoms with Gasteiger partial charge in [0.15, 0.2) is 0 Å². The Morgan fingerprint density at radius 3 is 2.73 bits per heavy atom. The van der Waals surface area contributed by atoms with E-state index >= 15 is 0 Å². The summed E-state index contributed by atoms with van der Waals surface area (Å²) in [7, 11) is 0. The molecule has 0 saturated heterocycles. The van der Waals surface area contributed by atoms with E-state index in [0.717, 1.165) is 0 Å². The van der Waals surface area contributed by atoms with Crippen LogP contribution in [0.2, 0.25) is 0 Å². The zero-order valence-corrected chi connectivity index (χ0v) is 6.53. The predicted octanol–water partition coefficient (Wildman–Crippen LogP) is -0.176. The summed E-state index contributed by atoms with van der Waals surface area (Å²) in [6.45, 7) is 3.24. The molecular formula is C7H10N2O2. The zero-order valence-electron chi connectivity index (χ0n) is 6.53. The third-order valence-corrected chi connectivity index (χ3v) is 1.59. The Bertz CT molecular complexity index is 250. The quantitative estimate of drug-likeness (QED) is 0.451. The first-order valence-corrected chi connectivity index (χ1v) is 3.32. The van der Waals surface area contributed by atoms with Crippen LogP contribution < -0.4 is 4.73 Å². The molecule has 11 heavy (non-hydrogen) atoms. The van der Waals surface area contributed by atoms with Crippen LogP contribution in [-0.2, 0) is 6.61 Å². The van der Waals surface area contributed by atoms with Gasteiger partial charge in [-0.25, -0.2) is 4.98 Å². The highest BCUT2D eigenvalue weighted by atomic mass is 16.5. The highest BCUT2D eigenvalue weighted by molar-refractivity contribution is 5.04. The molecule has 0 aromatic carbocycles. The number of nitrogens with zero attached hydrogens (tertiary/aromatic N) is 2. The van der Waals surface area contributed by atoms with Crippen LogP contribution in [0.4, 0.5) is 0 Å². The normalized spacial score (nSPS) is 10.1. The fourth-order valence-corrected chi connectivity index (χ4v) is 0.793. The van der Waals surface area contributed by atoms with Crippen molar-refractivity contribution in [3.8, 4) is 0 Å². The molecule has 0 fully saturated rings. The van der Waals surface area contributed by atoms with Crippen molar-refractivity contribution in [3.63, 3.8) is 0 Å². The molecule has 0 atom stereocenters. The van der Waals surface area contributed by atoms with Crippen molar-refractivity contribution in [1.29, 1.82) is 0 Å². The molecule has 0 radical (unpaired) electrons. The Labute approximate surface area is 64.7 Å². The highest BCUT2D eigenvalue weighted by Crippen LogP contribution is 1.98.